The fourth-order valence-corrected chi connectivity index (χ4v) is 2.84. The van der Waals surface area contributed by atoms with E-state index in [9.17, 15) is 4.39 Å². The lowest BCUT2D eigenvalue weighted by Gasteiger charge is -2.16. The van der Waals surface area contributed by atoms with E-state index in [1.54, 1.807) is 6.07 Å². The molecule has 0 aliphatic heterocycles. The van der Waals surface area contributed by atoms with Gasteiger partial charge in [-0.3, -0.25) is 0 Å². The van der Waals surface area contributed by atoms with Crippen LogP contribution in [0.15, 0.2) is 33.2 Å². The third-order valence-electron chi connectivity index (χ3n) is 3.17. The van der Waals surface area contributed by atoms with Gasteiger partial charge in [-0.2, -0.15) is 0 Å². The molecule has 0 aliphatic rings. The van der Waals surface area contributed by atoms with Gasteiger partial charge in [0.1, 0.15) is 17.3 Å². The Hall–Kier alpha value is -1.13. The van der Waals surface area contributed by atoms with Crippen LogP contribution < -0.4 is 5.32 Å². The van der Waals surface area contributed by atoms with Gasteiger partial charge < -0.3 is 9.73 Å². The van der Waals surface area contributed by atoms with Crippen molar-refractivity contribution < 1.29 is 8.81 Å². The summed E-state index contributed by atoms with van der Waals surface area (Å²) in [5.41, 5.74) is 2.07. The van der Waals surface area contributed by atoms with Gasteiger partial charge in [-0.15, -0.1) is 0 Å². The molecule has 1 heterocycles. The van der Waals surface area contributed by atoms with E-state index in [1.807, 2.05) is 33.0 Å². The summed E-state index contributed by atoms with van der Waals surface area (Å²) in [6.07, 6.45) is 0.715. The predicted octanol–water partition coefficient (Wildman–Crippen LogP) is 4.30. The SMILES string of the molecule is CNC(Cc1cc(F)cc(Br)c1)c1cc(C)oc1C. The number of rotatable bonds is 4. The number of halogens is 2. The molecule has 1 atom stereocenters. The van der Waals surface area contributed by atoms with Crippen molar-refractivity contribution in [3.8, 4) is 0 Å². The van der Waals surface area contributed by atoms with E-state index in [2.05, 4.69) is 21.2 Å². The second-order valence-corrected chi connectivity index (χ2v) is 5.61. The summed E-state index contributed by atoms with van der Waals surface area (Å²) in [6.45, 7) is 3.89. The van der Waals surface area contributed by atoms with Crippen molar-refractivity contribution in [1.82, 2.24) is 5.32 Å². The van der Waals surface area contributed by atoms with Crippen molar-refractivity contribution in [3.05, 3.63) is 57.2 Å². The van der Waals surface area contributed by atoms with E-state index in [0.717, 1.165) is 27.1 Å². The van der Waals surface area contributed by atoms with Crippen LogP contribution in [-0.4, -0.2) is 7.05 Å². The van der Waals surface area contributed by atoms with Gasteiger partial charge in [0.15, 0.2) is 0 Å². The van der Waals surface area contributed by atoms with E-state index in [1.165, 1.54) is 6.07 Å². The van der Waals surface area contributed by atoms with Crippen molar-refractivity contribution in [2.24, 2.45) is 0 Å². The molecule has 2 rings (SSSR count). The maximum atomic E-state index is 13.4. The molecule has 1 aromatic heterocycles. The monoisotopic (exact) mass is 325 g/mol. The quantitative estimate of drug-likeness (QED) is 0.906. The number of benzene rings is 1. The van der Waals surface area contributed by atoms with Crippen LogP contribution in [-0.2, 0) is 6.42 Å². The molecule has 0 spiro atoms. The Labute approximate surface area is 121 Å². The Kier molecular flexibility index (Phi) is 4.42. The first-order chi connectivity index (χ1) is 8.99. The summed E-state index contributed by atoms with van der Waals surface area (Å²) >= 11 is 3.32. The normalized spacial score (nSPS) is 12.7. The van der Waals surface area contributed by atoms with Crippen LogP contribution in [0.4, 0.5) is 4.39 Å². The minimum Gasteiger partial charge on any atom is -0.466 e. The second-order valence-electron chi connectivity index (χ2n) is 4.69. The average Bonchev–Trinajstić information content (AvgIpc) is 2.64. The zero-order valence-corrected chi connectivity index (χ0v) is 12.8. The van der Waals surface area contributed by atoms with E-state index in [4.69, 9.17) is 4.42 Å². The summed E-state index contributed by atoms with van der Waals surface area (Å²) in [4.78, 5) is 0. The molecule has 0 bridgehead atoms. The molecule has 4 heteroatoms. The van der Waals surface area contributed by atoms with Gasteiger partial charge >= 0.3 is 0 Å². The molecule has 1 aromatic carbocycles. The summed E-state index contributed by atoms with van der Waals surface area (Å²) < 4.78 is 19.7. The molecule has 102 valence electrons. The minimum atomic E-state index is -0.223. The lowest BCUT2D eigenvalue weighted by atomic mass is 9.99. The zero-order valence-electron chi connectivity index (χ0n) is 11.3. The predicted molar refractivity (Wildman–Crippen MR) is 77.8 cm³/mol. The van der Waals surface area contributed by atoms with Gasteiger partial charge in [0, 0.05) is 16.1 Å². The fourth-order valence-electron chi connectivity index (χ4n) is 2.33. The van der Waals surface area contributed by atoms with Crippen molar-refractivity contribution >= 4 is 15.9 Å². The van der Waals surface area contributed by atoms with Crippen LogP contribution in [0.25, 0.3) is 0 Å². The van der Waals surface area contributed by atoms with Gasteiger partial charge in [-0.1, -0.05) is 15.9 Å². The minimum absolute atomic E-state index is 0.117. The van der Waals surface area contributed by atoms with Crippen LogP contribution >= 0.6 is 15.9 Å². The summed E-state index contributed by atoms with van der Waals surface area (Å²) in [5.74, 6) is 1.58. The molecule has 0 saturated heterocycles. The third-order valence-corrected chi connectivity index (χ3v) is 3.62. The van der Waals surface area contributed by atoms with Crippen molar-refractivity contribution in [3.63, 3.8) is 0 Å². The molecule has 2 aromatic rings. The number of hydrogen-bond donors (Lipinski definition) is 1. The third kappa shape index (κ3) is 3.45. The van der Waals surface area contributed by atoms with Gasteiger partial charge in [-0.25, -0.2) is 4.39 Å². The zero-order chi connectivity index (χ0) is 14.0. The number of hydrogen-bond acceptors (Lipinski definition) is 2. The maximum absolute atomic E-state index is 13.4. The molecular formula is C15H17BrFNO. The summed E-state index contributed by atoms with van der Waals surface area (Å²) in [7, 11) is 1.90. The van der Waals surface area contributed by atoms with E-state index < -0.39 is 0 Å². The van der Waals surface area contributed by atoms with Gasteiger partial charge in [0.25, 0.3) is 0 Å². The molecule has 0 fully saturated rings. The Morgan fingerprint density at radius 1 is 1.26 bits per heavy atom. The Bertz CT molecular complexity index is 559. The van der Waals surface area contributed by atoms with Gasteiger partial charge in [0.05, 0.1) is 0 Å². The van der Waals surface area contributed by atoms with Crippen LogP contribution in [0, 0.1) is 19.7 Å². The van der Waals surface area contributed by atoms with E-state index in [-0.39, 0.29) is 11.9 Å². The Morgan fingerprint density at radius 3 is 2.53 bits per heavy atom. The van der Waals surface area contributed by atoms with Gasteiger partial charge in [-0.05, 0) is 57.1 Å². The number of furan rings is 1. The largest absolute Gasteiger partial charge is 0.466 e. The highest BCUT2D eigenvalue weighted by molar-refractivity contribution is 9.10. The molecule has 0 radical (unpaired) electrons. The van der Waals surface area contributed by atoms with Crippen LogP contribution in [0.1, 0.15) is 28.7 Å². The van der Waals surface area contributed by atoms with Crippen molar-refractivity contribution in [2.75, 3.05) is 7.05 Å². The second kappa shape index (κ2) is 5.88. The van der Waals surface area contributed by atoms with E-state index >= 15 is 0 Å². The Morgan fingerprint density at radius 2 is 2.00 bits per heavy atom. The highest BCUT2D eigenvalue weighted by Gasteiger charge is 2.16. The fraction of sp³-hybridized carbons (Fsp3) is 0.333. The molecule has 1 N–H and O–H groups in total. The van der Waals surface area contributed by atoms with Gasteiger partial charge in [0.2, 0.25) is 0 Å². The first-order valence-corrected chi connectivity index (χ1v) is 6.98. The topological polar surface area (TPSA) is 25.2 Å². The molecule has 2 nitrogen and oxygen atoms in total. The van der Waals surface area contributed by atoms with Crippen molar-refractivity contribution in [1.29, 1.82) is 0 Å². The lowest BCUT2D eigenvalue weighted by molar-refractivity contribution is 0.490. The Balaban J connectivity index is 2.26. The molecule has 19 heavy (non-hydrogen) atoms. The smallest absolute Gasteiger partial charge is 0.124 e. The molecule has 1 unspecified atom stereocenters. The van der Waals surface area contributed by atoms with Crippen molar-refractivity contribution in [2.45, 2.75) is 26.3 Å². The number of nitrogens with one attached hydrogen (secondary N) is 1. The standard InChI is InChI=1S/C15H17BrFNO/c1-9-4-14(10(2)19-9)15(18-3)7-11-5-12(16)8-13(17)6-11/h4-6,8,15,18H,7H2,1-3H3. The molecule has 0 amide bonds. The van der Waals surface area contributed by atoms with Crippen LogP contribution in [0.3, 0.4) is 0 Å². The van der Waals surface area contributed by atoms with Crippen LogP contribution in [0.2, 0.25) is 0 Å². The summed E-state index contributed by atoms with van der Waals surface area (Å²) in [6, 6.07) is 7.12. The molecule has 0 aliphatic carbocycles. The molecule has 0 saturated carbocycles. The number of aryl methyl sites for hydroxylation is 2. The highest BCUT2D eigenvalue weighted by Crippen LogP contribution is 2.26. The molecular weight excluding hydrogens is 309 g/mol. The highest BCUT2D eigenvalue weighted by atomic mass is 79.9. The lowest BCUT2D eigenvalue weighted by Crippen LogP contribution is -2.19. The first-order valence-electron chi connectivity index (χ1n) is 6.18. The number of likely N-dealkylation sites (N-methyl/N-ethyl adjacent to an activating group) is 1. The first kappa shape index (κ1) is 14.3. The maximum Gasteiger partial charge on any atom is 0.124 e. The van der Waals surface area contributed by atoms with E-state index in [0.29, 0.717) is 6.42 Å². The average molecular weight is 326 g/mol. The van der Waals surface area contributed by atoms with Crippen LogP contribution in [0.5, 0.6) is 0 Å². The summed E-state index contributed by atoms with van der Waals surface area (Å²) in [5, 5.41) is 3.26.